The van der Waals surface area contributed by atoms with E-state index in [2.05, 4.69) is 5.10 Å². The van der Waals surface area contributed by atoms with E-state index in [-0.39, 0.29) is 11.8 Å². The minimum Gasteiger partial charge on any atom is -0.475 e. The number of furan rings is 1. The molecule has 0 amide bonds. The Bertz CT molecular complexity index is 513. The number of rotatable bonds is 3. The van der Waals surface area contributed by atoms with E-state index in [1.165, 1.54) is 6.07 Å². The summed E-state index contributed by atoms with van der Waals surface area (Å²) in [6.07, 6.45) is 3.63. The first-order valence-electron chi connectivity index (χ1n) is 4.91. The lowest BCUT2D eigenvalue weighted by Crippen LogP contribution is -2.06. The molecule has 0 fully saturated rings. The Morgan fingerprint density at radius 2 is 2.31 bits per heavy atom. The second kappa shape index (κ2) is 3.84. The summed E-state index contributed by atoms with van der Waals surface area (Å²) in [4.78, 5) is 10.7. The number of hydrogen-bond acceptors (Lipinski definition) is 3. The second-order valence-corrected chi connectivity index (χ2v) is 3.68. The van der Waals surface area contributed by atoms with Crippen LogP contribution >= 0.6 is 0 Å². The number of aromatic carboxylic acids is 1. The van der Waals surface area contributed by atoms with Crippen molar-refractivity contribution >= 4 is 5.97 Å². The normalized spacial score (nSPS) is 12.6. The molecule has 2 aromatic rings. The zero-order chi connectivity index (χ0) is 11.7. The molecule has 5 nitrogen and oxygen atoms in total. The molecule has 0 radical (unpaired) electrons. The summed E-state index contributed by atoms with van der Waals surface area (Å²) in [6.45, 7) is 3.85. The lowest BCUT2D eigenvalue weighted by Gasteiger charge is -2.08. The van der Waals surface area contributed by atoms with Crippen molar-refractivity contribution in [1.29, 1.82) is 0 Å². The summed E-state index contributed by atoms with van der Waals surface area (Å²) >= 11 is 0. The average Bonchev–Trinajstić information content (AvgIpc) is 2.84. The first-order valence-corrected chi connectivity index (χ1v) is 4.91. The summed E-state index contributed by atoms with van der Waals surface area (Å²) in [5, 5.41) is 12.9. The van der Waals surface area contributed by atoms with Crippen molar-refractivity contribution in [3.63, 3.8) is 0 Å². The van der Waals surface area contributed by atoms with Gasteiger partial charge in [0.15, 0.2) is 0 Å². The summed E-state index contributed by atoms with van der Waals surface area (Å²) in [6, 6.07) is 3.00. The van der Waals surface area contributed by atoms with Gasteiger partial charge in [-0.15, -0.1) is 0 Å². The van der Waals surface area contributed by atoms with Crippen molar-refractivity contribution < 1.29 is 14.3 Å². The summed E-state index contributed by atoms with van der Waals surface area (Å²) in [5.41, 5.74) is 1.05. The highest BCUT2D eigenvalue weighted by Gasteiger charge is 2.15. The van der Waals surface area contributed by atoms with E-state index in [1.54, 1.807) is 16.9 Å². The van der Waals surface area contributed by atoms with E-state index in [0.717, 1.165) is 5.56 Å². The Balaban J connectivity index is 2.26. The lowest BCUT2D eigenvalue weighted by atomic mass is 10.2. The van der Waals surface area contributed by atoms with Crippen LogP contribution in [0.5, 0.6) is 0 Å². The molecule has 0 spiro atoms. The zero-order valence-corrected chi connectivity index (χ0v) is 9.04. The van der Waals surface area contributed by atoms with E-state index < -0.39 is 5.97 Å². The van der Waals surface area contributed by atoms with Gasteiger partial charge in [-0.2, -0.15) is 5.10 Å². The van der Waals surface area contributed by atoms with Gasteiger partial charge in [-0.1, -0.05) is 0 Å². The number of carboxylic acids is 1. The topological polar surface area (TPSA) is 68.3 Å². The van der Waals surface area contributed by atoms with E-state index in [1.807, 2.05) is 20.0 Å². The average molecular weight is 220 g/mol. The van der Waals surface area contributed by atoms with E-state index in [9.17, 15) is 4.79 Å². The molecule has 84 valence electrons. The van der Waals surface area contributed by atoms with Crippen LogP contribution in [-0.2, 0) is 0 Å². The molecule has 1 atom stereocenters. The van der Waals surface area contributed by atoms with Crippen LogP contribution in [0.3, 0.4) is 0 Å². The number of nitrogens with zero attached hydrogens (tertiary/aromatic N) is 2. The van der Waals surface area contributed by atoms with Gasteiger partial charge in [0.25, 0.3) is 0 Å². The Morgan fingerprint density at radius 3 is 2.81 bits per heavy atom. The smallest absolute Gasteiger partial charge is 0.371 e. The Labute approximate surface area is 92.3 Å². The monoisotopic (exact) mass is 220 g/mol. The van der Waals surface area contributed by atoms with Crippen molar-refractivity contribution in [2.24, 2.45) is 0 Å². The van der Waals surface area contributed by atoms with Crippen LogP contribution < -0.4 is 0 Å². The maximum absolute atomic E-state index is 10.7. The second-order valence-electron chi connectivity index (χ2n) is 3.68. The summed E-state index contributed by atoms with van der Waals surface area (Å²) in [7, 11) is 0. The standard InChI is InChI=1S/C11H12N2O3/c1-7-5-12-13(6-7)8(2)9-3-4-10(16-9)11(14)15/h3-6,8H,1-2H3,(H,14,15). The van der Waals surface area contributed by atoms with Crippen LogP contribution in [0.25, 0.3) is 0 Å². The third-order valence-corrected chi connectivity index (χ3v) is 2.38. The molecule has 5 heteroatoms. The van der Waals surface area contributed by atoms with Gasteiger partial charge in [-0.3, -0.25) is 4.68 Å². The molecule has 0 bridgehead atoms. The van der Waals surface area contributed by atoms with Crippen LogP contribution in [0, 0.1) is 6.92 Å². The molecule has 0 aliphatic rings. The van der Waals surface area contributed by atoms with Crippen molar-refractivity contribution in [3.05, 3.63) is 41.6 Å². The van der Waals surface area contributed by atoms with Gasteiger partial charge in [0.1, 0.15) is 11.8 Å². The molecule has 0 aliphatic carbocycles. The Morgan fingerprint density at radius 1 is 1.56 bits per heavy atom. The first-order chi connectivity index (χ1) is 7.58. The summed E-state index contributed by atoms with van der Waals surface area (Å²) in [5.74, 6) is -0.527. The van der Waals surface area contributed by atoms with Crippen molar-refractivity contribution in [3.8, 4) is 0 Å². The quantitative estimate of drug-likeness (QED) is 0.859. The highest BCUT2D eigenvalue weighted by Crippen LogP contribution is 2.20. The van der Waals surface area contributed by atoms with Crippen molar-refractivity contribution in [2.75, 3.05) is 0 Å². The van der Waals surface area contributed by atoms with E-state index in [0.29, 0.717) is 5.76 Å². The van der Waals surface area contributed by atoms with Gasteiger partial charge >= 0.3 is 5.97 Å². The predicted molar refractivity (Wildman–Crippen MR) is 56.4 cm³/mol. The number of hydrogen-bond donors (Lipinski definition) is 1. The van der Waals surface area contributed by atoms with Gasteiger partial charge < -0.3 is 9.52 Å². The number of carbonyl (C=O) groups is 1. The largest absolute Gasteiger partial charge is 0.475 e. The molecular weight excluding hydrogens is 208 g/mol. The fourth-order valence-electron chi connectivity index (χ4n) is 1.47. The predicted octanol–water partition coefficient (Wildman–Crippen LogP) is 2.09. The maximum atomic E-state index is 10.7. The highest BCUT2D eigenvalue weighted by molar-refractivity contribution is 5.84. The first kappa shape index (κ1) is 10.5. The van der Waals surface area contributed by atoms with Gasteiger partial charge in [0.2, 0.25) is 5.76 Å². The Kier molecular flexibility index (Phi) is 2.52. The third kappa shape index (κ3) is 1.84. The Hall–Kier alpha value is -2.04. The number of aromatic nitrogens is 2. The van der Waals surface area contributed by atoms with E-state index in [4.69, 9.17) is 9.52 Å². The molecule has 16 heavy (non-hydrogen) atoms. The van der Waals surface area contributed by atoms with Crippen LogP contribution in [0.1, 0.15) is 34.8 Å². The molecule has 0 saturated heterocycles. The van der Waals surface area contributed by atoms with Crippen LogP contribution in [0.15, 0.2) is 28.9 Å². The number of aryl methyl sites for hydroxylation is 1. The molecule has 2 aromatic heterocycles. The van der Waals surface area contributed by atoms with Gasteiger partial charge in [0.05, 0.1) is 6.20 Å². The van der Waals surface area contributed by atoms with Crippen molar-refractivity contribution in [1.82, 2.24) is 9.78 Å². The minimum atomic E-state index is -1.06. The fraction of sp³-hybridized carbons (Fsp3) is 0.273. The fourth-order valence-corrected chi connectivity index (χ4v) is 1.47. The van der Waals surface area contributed by atoms with E-state index >= 15 is 0 Å². The molecule has 0 saturated carbocycles. The van der Waals surface area contributed by atoms with Crippen LogP contribution in [0.4, 0.5) is 0 Å². The molecular formula is C11H12N2O3. The van der Waals surface area contributed by atoms with Gasteiger partial charge in [-0.05, 0) is 31.5 Å². The molecule has 2 heterocycles. The van der Waals surface area contributed by atoms with Gasteiger partial charge in [0, 0.05) is 6.20 Å². The van der Waals surface area contributed by atoms with Crippen molar-refractivity contribution in [2.45, 2.75) is 19.9 Å². The molecule has 0 aliphatic heterocycles. The molecule has 0 aromatic carbocycles. The maximum Gasteiger partial charge on any atom is 0.371 e. The number of carboxylic acid groups (broad SMARTS) is 1. The van der Waals surface area contributed by atoms with Gasteiger partial charge in [-0.25, -0.2) is 4.79 Å². The third-order valence-electron chi connectivity index (χ3n) is 2.38. The molecule has 1 N–H and O–H groups in total. The minimum absolute atomic E-state index is 0.0503. The molecule has 1 unspecified atom stereocenters. The lowest BCUT2D eigenvalue weighted by molar-refractivity contribution is 0.0659. The zero-order valence-electron chi connectivity index (χ0n) is 9.04. The summed E-state index contributed by atoms with van der Waals surface area (Å²) < 4.78 is 6.95. The molecule has 2 rings (SSSR count). The SMILES string of the molecule is Cc1cnn(C(C)c2ccc(C(=O)O)o2)c1. The van der Waals surface area contributed by atoms with Crippen LogP contribution in [-0.4, -0.2) is 20.9 Å². The highest BCUT2D eigenvalue weighted by atomic mass is 16.4. The van der Waals surface area contributed by atoms with Crippen LogP contribution in [0.2, 0.25) is 0 Å².